The van der Waals surface area contributed by atoms with Crippen molar-refractivity contribution in [2.45, 2.75) is 10.3 Å². The number of hydrogen-bond donors (Lipinski definition) is 0. The fourth-order valence-electron chi connectivity index (χ4n) is 9.31. The summed E-state index contributed by atoms with van der Waals surface area (Å²) < 4.78 is 0. The second-order valence-corrected chi connectivity index (χ2v) is 16.1. The Kier molecular flexibility index (Phi) is 8.57. The minimum Gasteiger partial charge on any atom is -0.256 e. The van der Waals surface area contributed by atoms with E-state index in [-0.39, 0.29) is 0 Å². The monoisotopic (exact) mass is 784 g/mol. The van der Waals surface area contributed by atoms with Gasteiger partial charge < -0.3 is 0 Å². The van der Waals surface area contributed by atoms with E-state index >= 15 is 0 Å². The molecule has 0 radical (unpaired) electrons. The summed E-state index contributed by atoms with van der Waals surface area (Å²) in [7, 11) is 0. The van der Waals surface area contributed by atoms with E-state index in [1.165, 1.54) is 16.0 Å². The third kappa shape index (κ3) is 5.47. The molecule has 0 saturated carbocycles. The van der Waals surface area contributed by atoms with Crippen molar-refractivity contribution in [3.05, 3.63) is 235 Å². The number of fused-ring (bicyclic) bond motifs is 8. The van der Waals surface area contributed by atoms with E-state index in [9.17, 15) is 0 Å². The number of nitrogens with zero attached hydrogens (tertiary/aromatic N) is 4. The predicted octanol–water partition coefficient (Wildman–Crippen LogP) is 13.8. The number of benzene rings is 7. The van der Waals surface area contributed by atoms with Gasteiger partial charge in [0.25, 0.3) is 0 Å². The summed E-state index contributed by atoms with van der Waals surface area (Å²) in [4.78, 5) is 23.1. The third-order valence-electron chi connectivity index (χ3n) is 11.8. The smallest absolute Gasteiger partial charge is 0.164 e. The van der Waals surface area contributed by atoms with E-state index in [1.807, 2.05) is 48.7 Å². The van der Waals surface area contributed by atoms with Crippen LogP contribution in [0, 0.1) is 0 Å². The molecule has 1 aliphatic heterocycles. The average molecular weight is 785 g/mol. The van der Waals surface area contributed by atoms with Crippen molar-refractivity contribution in [1.29, 1.82) is 0 Å². The Hall–Kier alpha value is -7.47. The quantitative estimate of drug-likeness (QED) is 0.161. The van der Waals surface area contributed by atoms with Crippen LogP contribution in [0.2, 0.25) is 0 Å². The number of rotatable bonds is 7. The Labute approximate surface area is 353 Å². The Morgan fingerprint density at radius 2 is 1.02 bits per heavy atom. The molecule has 0 amide bonds. The van der Waals surface area contributed by atoms with Gasteiger partial charge in [-0.3, -0.25) is 4.98 Å². The van der Waals surface area contributed by atoms with Crippen LogP contribution in [0.1, 0.15) is 16.7 Å². The Morgan fingerprint density at radius 3 is 1.78 bits per heavy atom. The molecule has 5 heteroatoms. The Balaban J connectivity index is 1.25. The first-order valence-corrected chi connectivity index (χ1v) is 20.8. The van der Waals surface area contributed by atoms with Gasteiger partial charge >= 0.3 is 0 Å². The summed E-state index contributed by atoms with van der Waals surface area (Å²) in [5.41, 5.74) is 14.2. The van der Waals surface area contributed by atoms with Crippen LogP contribution in [0.5, 0.6) is 0 Å². The molecular formula is C55H36N4S. The number of aromatic nitrogens is 4. The molecule has 1 atom stereocenters. The summed E-state index contributed by atoms with van der Waals surface area (Å²) in [5, 5.41) is 1.08. The molecule has 2 aromatic heterocycles. The highest BCUT2D eigenvalue weighted by molar-refractivity contribution is 8.03. The fraction of sp³-hybridized carbons (Fsp3) is 0.0182. The van der Waals surface area contributed by atoms with Gasteiger partial charge in [0.2, 0.25) is 0 Å². The van der Waals surface area contributed by atoms with Crippen LogP contribution in [-0.4, -0.2) is 19.9 Å². The minimum atomic E-state index is -0.704. The highest BCUT2D eigenvalue weighted by Crippen LogP contribution is 2.65. The van der Waals surface area contributed by atoms with E-state index in [0.29, 0.717) is 17.5 Å². The maximum Gasteiger partial charge on any atom is 0.164 e. The molecule has 0 saturated heterocycles. The zero-order valence-electron chi connectivity index (χ0n) is 32.6. The normalized spacial score (nSPS) is 15.1. The molecule has 9 aromatic rings. The van der Waals surface area contributed by atoms with Gasteiger partial charge in [-0.05, 0) is 68.3 Å². The van der Waals surface area contributed by atoms with E-state index in [0.717, 1.165) is 77.0 Å². The van der Waals surface area contributed by atoms with Gasteiger partial charge in [-0.25, -0.2) is 15.0 Å². The molecule has 7 aromatic carbocycles. The van der Waals surface area contributed by atoms with E-state index in [4.69, 9.17) is 19.9 Å². The van der Waals surface area contributed by atoms with Crippen LogP contribution < -0.4 is 0 Å². The molecule has 1 spiro atoms. The summed E-state index contributed by atoms with van der Waals surface area (Å²) in [6.07, 6.45) is 5.89. The van der Waals surface area contributed by atoms with Crippen LogP contribution in [0.15, 0.2) is 223 Å². The SMILES string of the molecule is C=CC1=C(C=C)C2(c3ccccc3S1)c1cccc(-c3nc(-c4ccccc4)nc(-c4cccc(-c5ccccc5)c4)n3)c1-c1c(-c3cccc4cccnc34)cccc12. The van der Waals surface area contributed by atoms with Crippen molar-refractivity contribution in [2.75, 3.05) is 0 Å². The Morgan fingerprint density at radius 1 is 0.450 bits per heavy atom. The Bertz CT molecular complexity index is 3220. The lowest BCUT2D eigenvalue weighted by atomic mass is 9.66. The van der Waals surface area contributed by atoms with Gasteiger partial charge in [-0.15, -0.1) is 0 Å². The predicted molar refractivity (Wildman–Crippen MR) is 247 cm³/mol. The van der Waals surface area contributed by atoms with Gasteiger partial charge in [-0.2, -0.15) is 0 Å². The lowest BCUT2D eigenvalue weighted by Gasteiger charge is -2.40. The van der Waals surface area contributed by atoms with Gasteiger partial charge in [0.1, 0.15) is 0 Å². The number of hydrogen-bond acceptors (Lipinski definition) is 5. The first-order chi connectivity index (χ1) is 29.7. The molecule has 0 fully saturated rings. The number of thioether (sulfide) groups is 1. The molecule has 0 bridgehead atoms. The second-order valence-electron chi connectivity index (χ2n) is 15.0. The molecule has 1 aliphatic carbocycles. The van der Waals surface area contributed by atoms with Crippen molar-refractivity contribution < 1.29 is 0 Å². The highest BCUT2D eigenvalue weighted by atomic mass is 32.2. The second kappa shape index (κ2) is 14.4. The van der Waals surface area contributed by atoms with E-state index in [2.05, 4.69) is 159 Å². The van der Waals surface area contributed by atoms with Crippen LogP contribution >= 0.6 is 11.8 Å². The molecular weight excluding hydrogens is 749 g/mol. The molecule has 1 unspecified atom stereocenters. The van der Waals surface area contributed by atoms with Crippen LogP contribution in [0.4, 0.5) is 0 Å². The fourth-order valence-corrected chi connectivity index (χ4v) is 10.5. The molecule has 282 valence electrons. The first-order valence-electron chi connectivity index (χ1n) is 20.0. The minimum absolute atomic E-state index is 0.598. The first kappa shape index (κ1) is 35.7. The van der Waals surface area contributed by atoms with Crippen molar-refractivity contribution in [2.24, 2.45) is 0 Å². The zero-order chi connectivity index (χ0) is 40.2. The van der Waals surface area contributed by atoms with Crippen LogP contribution in [0.25, 0.3) is 78.4 Å². The van der Waals surface area contributed by atoms with Crippen molar-refractivity contribution in [1.82, 2.24) is 19.9 Å². The molecule has 4 nitrogen and oxygen atoms in total. The standard InChI is InChI=1S/C55H36N4S/c1-3-43-47(4-2)60-48-32-12-11-29-44(48)55(43)45-30-15-26-40(41-27-14-22-36-25-17-33-56-51(36)41)49(45)50-42(28-16-31-46(50)55)54-58-52(37-20-9-6-10-21-37)57-53(59-54)39-24-13-23-38(34-39)35-18-7-5-8-19-35/h3-34H,1-2H2. The van der Waals surface area contributed by atoms with Crippen molar-refractivity contribution >= 4 is 22.7 Å². The summed E-state index contributed by atoms with van der Waals surface area (Å²) in [6.45, 7) is 8.81. The lowest BCUT2D eigenvalue weighted by molar-refractivity contribution is 0.742. The van der Waals surface area contributed by atoms with Crippen LogP contribution in [-0.2, 0) is 5.41 Å². The third-order valence-corrected chi connectivity index (χ3v) is 13.0. The molecule has 2 aliphatic rings. The van der Waals surface area contributed by atoms with Crippen molar-refractivity contribution in [3.8, 4) is 67.5 Å². The highest BCUT2D eigenvalue weighted by Gasteiger charge is 2.52. The zero-order valence-corrected chi connectivity index (χ0v) is 33.4. The maximum atomic E-state index is 5.40. The summed E-state index contributed by atoms with van der Waals surface area (Å²) >= 11 is 1.75. The topological polar surface area (TPSA) is 51.6 Å². The summed E-state index contributed by atoms with van der Waals surface area (Å²) in [5.74, 6) is 1.81. The van der Waals surface area contributed by atoms with E-state index < -0.39 is 5.41 Å². The largest absolute Gasteiger partial charge is 0.256 e. The molecule has 11 rings (SSSR count). The van der Waals surface area contributed by atoms with Crippen molar-refractivity contribution in [3.63, 3.8) is 0 Å². The van der Waals surface area contributed by atoms with Gasteiger partial charge in [0.15, 0.2) is 17.5 Å². The number of pyridine rings is 1. The lowest BCUT2D eigenvalue weighted by Crippen LogP contribution is -2.32. The number of allylic oxidation sites excluding steroid dienone is 3. The molecule has 3 heterocycles. The maximum absolute atomic E-state index is 5.40. The van der Waals surface area contributed by atoms with E-state index in [1.54, 1.807) is 11.8 Å². The van der Waals surface area contributed by atoms with Gasteiger partial charge in [0.05, 0.1) is 10.9 Å². The van der Waals surface area contributed by atoms with Gasteiger partial charge in [-0.1, -0.05) is 195 Å². The van der Waals surface area contributed by atoms with Gasteiger partial charge in [0, 0.05) is 43.6 Å². The molecule has 0 N–H and O–H groups in total. The van der Waals surface area contributed by atoms with Crippen LogP contribution in [0.3, 0.4) is 0 Å². The summed E-state index contributed by atoms with van der Waals surface area (Å²) in [6, 6.07) is 61.7. The molecule has 60 heavy (non-hydrogen) atoms. The average Bonchev–Trinajstić information content (AvgIpc) is 3.62. The number of para-hydroxylation sites is 1.